The average molecular weight is 1770 g/mol. The van der Waals surface area contributed by atoms with E-state index < -0.39 is 252 Å². The molecule has 4 unspecified atom stereocenters. The summed E-state index contributed by atoms with van der Waals surface area (Å²) in [6.07, 6.45) is -19.7. The highest BCUT2D eigenvalue weighted by molar-refractivity contribution is 7.62. The Balaban J connectivity index is 0.000000263. The molecular weight excluding hydrogens is 1710 g/mol. The zero-order chi connectivity index (χ0) is 85.1. The lowest BCUT2D eigenvalue weighted by molar-refractivity contribution is -0.178. The molecule has 52 nitrogen and oxygen atoms in total. The van der Waals surface area contributed by atoms with Crippen LogP contribution in [0, 0.1) is 0 Å². The molecule has 592 valence electrons. The topological polar surface area (TPSA) is 790 Å². The van der Waals surface area contributed by atoms with Gasteiger partial charge in [0.1, 0.15) is 70.8 Å². The number of nitrogens with zero attached hydrogens (tertiary/aromatic N) is 4. The van der Waals surface area contributed by atoms with E-state index in [9.17, 15) is 118 Å². The van der Waals surface area contributed by atoms with Gasteiger partial charge in [-0.1, -0.05) is 46.4 Å². The van der Waals surface area contributed by atoms with Crippen LogP contribution in [-0.2, 0) is 90.8 Å². The first kappa shape index (κ1) is 81.3. The van der Waals surface area contributed by atoms with Crippen molar-refractivity contribution in [2.24, 2.45) is 0 Å². The molecule has 4 saturated heterocycles. The summed E-state index contributed by atoms with van der Waals surface area (Å²) in [6.45, 7) is -10.8. The molecule has 0 amide bonds. The van der Waals surface area contributed by atoms with Crippen LogP contribution >= 0.6 is 109 Å². The maximum Gasteiger partial charge on any atom is 0.481 e. The smallest absolute Gasteiger partial charge is 0.388 e. The van der Waals surface area contributed by atoms with E-state index in [-0.39, 0.29) is 9.13 Å². The third-order valence-corrected chi connectivity index (χ3v) is 20.7. The van der Waals surface area contributed by atoms with Crippen LogP contribution in [0.15, 0.2) is 63.1 Å². The minimum absolute atomic E-state index is 0.115. The van der Waals surface area contributed by atoms with Crippen LogP contribution in [0.25, 0.3) is 0 Å². The summed E-state index contributed by atoms with van der Waals surface area (Å²) in [5.74, 6) is -13.7. The Labute approximate surface area is 594 Å². The number of hydrogen-bond donors (Lipinski definition) is 20. The van der Waals surface area contributed by atoms with E-state index in [0.29, 0.717) is 27.7 Å². The van der Waals surface area contributed by atoms with Gasteiger partial charge in [-0.2, -0.15) is 17.2 Å². The van der Waals surface area contributed by atoms with Gasteiger partial charge in [-0.05, 0) is 0 Å². The zero-order valence-corrected chi connectivity index (χ0v) is 59.2. The van der Waals surface area contributed by atoms with E-state index >= 15 is 4.39 Å². The van der Waals surface area contributed by atoms with Gasteiger partial charge < -0.3 is 98.1 Å². The number of halogens is 8. The second kappa shape index (κ2) is 33.9. The van der Waals surface area contributed by atoms with E-state index in [1.807, 2.05) is 0 Å². The van der Waals surface area contributed by atoms with Crippen LogP contribution in [0.1, 0.15) is 58.8 Å². The standard InChI is InChI=1S/4C9H12ClFN2O11P2/c4*10-4-2-13(8(16)12-6(4)15)7-5(14)1-9(11,23-7)3-22-26(20,21)24-25(17,18)19/h4*2,5,7,14H,1,3H2,(H,20,21)(H,12,15,16)(H2,17,18,19)/t4*5-,7-,9+/m1111/s1/i3D2,7D;7D;3D2;. The highest BCUT2D eigenvalue weighted by Gasteiger charge is 2.54. The van der Waals surface area contributed by atoms with Crippen LogP contribution in [0.2, 0.25) is 20.1 Å². The van der Waals surface area contributed by atoms with Crippen molar-refractivity contribution in [3.8, 4) is 0 Å². The molecule has 8 heterocycles. The zero-order valence-electron chi connectivity index (χ0n) is 55.0. The van der Waals surface area contributed by atoms with Crippen molar-refractivity contribution in [1.82, 2.24) is 38.2 Å². The van der Waals surface area contributed by atoms with Crippen molar-refractivity contribution >= 4 is 109 Å². The Bertz CT molecular complexity index is 5090. The predicted molar refractivity (Wildman–Crippen MR) is 319 cm³/mol. The highest BCUT2D eigenvalue weighted by Crippen LogP contribution is 2.62. The minimum atomic E-state index is -5.93. The van der Waals surface area contributed by atoms with E-state index in [2.05, 4.69) is 49.5 Å². The van der Waals surface area contributed by atoms with Gasteiger partial charge in [-0.3, -0.25) is 75.5 Å². The SMILES string of the molecule is O=c1[nH]c(=O)n([C@@H]2O[C@](F)(COP(=O)(O)OP(=O)(O)O)C[C@H]2O)cc1Cl.[2H]C([2H])(OP(=O)(O)OP(=O)(O)O)[C@]1(F)C[C@@H](O)[C@H](n2cc(Cl)c(=O)[nH]c2=O)O1.[2H]C([2H])(OP(=O)(O)OP(=O)(O)O)[C@]1(F)C[C@@H](O)[C@]([2H])(n2cc(Cl)c(=O)[nH]c2=O)O1.[2H][C@@]1(n2cc(Cl)c(=O)[nH]c2=O)O[C@](F)(COP(=O)(O)OP(=O)(O)O)C[C@H]1O. The fourth-order valence-electron chi connectivity index (χ4n) is 7.69. The molecule has 4 aliphatic rings. The summed E-state index contributed by atoms with van der Waals surface area (Å²) in [7, 11) is -44.7. The van der Waals surface area contributed by atoms with Gasteiger partial charge in [0, 0.05) is 50.5 Å². The third kappa shape index (κ3) is 27.4. The van der Waals surface area contributed by atoms with Crippen LogP contribution in [0.4, 0.5) is 17.6 Å². The molecule has 4 aromatic rings. The number of hydrogen-bond acceptors (Lipinski definition) is 32. The van der Waals surface area contributed by atoms with Gasteiger partial charge in [0.2, 0.25) is 23.4 Å². The Kier molecular flexibility index (Phi) is 26.5. The second-order valence-electron chi connectivity index (χ2n) is 19.7. The first-order chi connectivity index (χ1) is 49.1. The van der Waals surface area contributed by atoms with Crippen molar-refractivity contribution in [3.05, 3.63) is 128 Å². The second-order valence-corrected chi connectivity index (χ2v) is 32.5. The van der Waals surface area contributed by atoms with E-state index in [1.165, 1.54) is 0 Å². The van der Waals surface area contributed by atoms with E-state index in [4.69, 9.17) is 108 Å². The van der Waals surface area contributed by atoms with Crippen molar-refractivity contribution in [3.63, 3.8) is 0 Å². The molecular formula is C36H48Cl4F4N8O44P8. The molecule has 0 radical (unpaired) electrons. The minimum Gasteiger partial charge on any atom is -0.388 e. The number of phosphoric acid groups is 8. The lowest BCUT2D eigenvalue weighted by atomic mass is 10.2. The number of rotatable bonds is 24. The van der Waals surface area contributed by atoms with Crippen LogP contribution < -0.4 is 45.0 Å². The molecule has 8 rings (SSSR count). The van der Waals surface area contributed by atoms with Crippen molar-refractivity contribution in [2.75, 3.05) is 26.3 Å². The summed E-state index contributed by atoms with van der Waals surface area (Å²) < 4.78 is 243. The molecule has 16 atom stereocenters. The fourth-order valence-corrected chi connectivity index (χ4v) is 14.4. The summed E-state index contributed by atoms with van der Waals surface area (Å²) in [5.41, 5.74) is -9.00. The number of aromatic amines is 4. The predicted octanol–water partition coefficient (Wildman–Crippen LogP) is -2.55. The van der Waals surface area contributed by atoms with Crippen molar-refractivity contribution in [1.29, 1.82) is 0 Å². The van der Waals surface area contributed by atoms with Crippen LogP contribution in [-0.4, -0.2) is 192 Å². The number of aromatic nitrogens is 8. The van der Waals surface area contributed by atoms with Crippen molar-refractivity contribution < 1.29 is 196 Å². The molecule has 104 heavy (non-hydrogen) atoms. The molecule has 4 aromatic heterocycles. The van der Waals surface area contributed by atoms with E-state index in [1.54, 1.807) is 19.9 Å². The van der Waals surface area contributed by atoms with Gasteiger partial charge in [-0.25, -0.2) is 73.3 Å². The maximum atomic E-state index is 15.1. The summed E-state index contributed by atoms with van der Waals surface area (Å²) in [4.78, 5) is 204. The van der Waals surface area contributed by atoms with Crippen LogP contribution in [0.3, 0.4) is 0 Å². The third-order valence-electron chi connectivity index (χ3n) is 11.4. The lowest BCUT2D eigenvalue weighted by Gasteiger charge is -2.22. The number of H-pyrrole nitrogens is 4. The Morgan fingerprint density at radius 3 is 0.933 bits per heavy atom. The van der Waals surface area contributed by atoms with Crippen molar-refractivity contribution in [2.45, 2.75) is 98.4 Å². The molecule has 20 N–H and O–H groups in total. The molecule has 0 saturated carbocycles. The normalized spacial score (nSPS) is 31.4. The molecule has 0 spiro atoms. The Morgan fingerprint density at radius 1 is 0.404 bits per heavy atom. The maximum absolute atomic E-state index is 15.1. The van der Waals surface area contributed by atoms with Crippen LogP contribution in [0.5, 0.6) is 0 Å². The Morgan fingerprint density at radius 2 is 0.625 bits per heavy atom. The summed E-state index contributed by atoms with van der Waals surface area (Å²) in [5, 5.41) is 37.5. The number of phosphoric ester groups is 4. The number of nitrogens with one attached hydrogen (secondary N) is 4. The molecule has 4 aliphatic heterocycles. The van der Waals surface area contributed by atoms with Gasteiger partial charge in [0.15, 0.2) is 24.9 Å². The monoisotopic (exact) mass is 1770 g/mol. The summed E-state index contributed by atoms with van der Waals surface area (Å²) in [6, 6.07) is 0. The fraction of sp³-hybridized carbons (Fsp3) is 0.556. The molecule has 0 bridgehead atoms. The lowest BCUT2D eigenvalue weighted by Crippen LogP contribution is -2.36. The first-order valence-corrected chi connectivity index (χ1v) is 39.1. The molecule has 0 aromatic carbocycles. The van der Waals surface area contributed by atoms with Gasteiger partial charge >= 0.3 is 85.3 Å². The number of aliphatic hydroxyl groups is 4. The van der Waals surface area contributed by atoms with E-state index in [0.717, 1.165) is 6.20 Å². The largest absolute Gasteiger partial charge is 0.481 e. The average Bonchev–Trinajstić information content (AvgIpc) is 1.58. The summed E-state index contributed by atoms with van der Waals surface area (Å²) >= 11 is 22.1. The van der Waals surface area contributed by atoms with Gasteiger partial charge in [0.25, 0.3) is 22.2 Å². The first-order valence-electron chi connectivity index (χ1n) is 28.5. The van der Waals surface area contributed by atoms with Gasteiger partial charge in [0.05, 0.1) is 8.22 Å². The number of ether oxygens (including phenoxy) is 4. The molecule has 4 fully saturated rings. The number of alkyl halides is 4. The molecule has 0 aliphatic carbocycles. The quantitative estimate of drug-likeness (QED) is 0.0254. The highest BCUT2D eigenvalue weighted by atomic mass is 35.5. The Hall–Kier alpha value is -3.68. The number of aliphatic hydroxyl groups excluding tert-OH is 4. The molecule has 68 heteroatoms. The van der Waals surface area contributed by atoms with Gasteiger partial charge in [-0.15, -0.1) is 0 Å².